The summed E-state index contributed by atoms with van der Waals surface area (Å²) in [4.78, 5) is 26.7. The molecule has 2 aliphatic rings. The lowest BCUT2D eigenvalue weighted by Crippen LogP contribution is -2.50. The van der Waals surface area contributed by atoms with Gasteiger partial charge in [0.2, 0.25) is 5.91 Å². The first-order valence-corrected chi connectivity index (χ1v) is 12.5. The molecular formula is C27H31N7O2. The summed E-state index contributed by atoms with van der Waals surface area (Å²) in [5.41, 5.74) is 4.89. The highest BCUT2D eigenvalue weighted by molar-refractivity contribution is 6.00. The predicted molar refractivity (Wildman–Crippen MR) is 135 cm³/mol. The van der Waals surface area contributed by atoms with Crippen molar-refractivity contribution in [3.8, 4) is 17.2 Å². The summed E-state index contributed by atoms with van der Waals surface area (Å²) >= 11 is 0. The fourth-order valence-electron chi connectivity index (χ4n) is 5.09. The Hall–Kier alpha value is -3.93. The zero-order valence-corrected chi connectivity index (χ0v) is 20.8. The molecule has 1 aromatic carbocycles. The maximum atomic E-state index is 13.6. The zero-order chi connectivity index (χ0) is 25.4. The van der Waals surface area contributed by atoms with E-state index < -0.39 is 18.0 Å². The van der Waals surface area contributed by atoms with Crippen LogP contribution in [-0.4, -0.2) is 37.8 Å². The van der Waals surface area contributed by atoms with Gasteiger partial charge in [-0.05, 0) is 88.0 Å². The van der Waals surface area contributed by atoms with Crippen LogP contribution in [0.25, 0.3) is 11.1 Å². The third-order valence-electron chi connectivity index (χ3n) is 7.28. The van der Waals surface area contributed by atoms with Crippen molar-refractivity contribution < 1.29 is 9.59 Å². The van der Waals surface area contributed by atoms with E-state index in [9.17, 15) is 9.59 Å². The molecule has 2 unspecified atom stereocenters. The van der Waals surface area contributed by atoms with Crippen molar-refractivity contribution in [2.75, 3.05) is 5.32 Å². The van der Waals surface area contributed by atoms with Crippen LogP contribution in [0.3, 0.4) is 0 Å². The maximum Gasteiger partial charge on any atom is 0.272 e. The number of hydrogen-bond acceptors (Lipinski definition) is 5. The summed E-state index contributed by atoms with van der Waals surface area (Å²) in [5, 5.41) is 26.7. The summed E-state index contributed by atoms with van der Waals surface area (Å²) < 4.78 is 1.45. The van der Waals surface area contributed by atoms with Crippen molar-refractivity contribution in [1.29, 1.82) is 5.26 Å². The van der Waals surface area contributed by atoms with E-state index >= 15 is 0 Å². The summed E-state index contributed by atoms with van der Waals surface area (Å²) in [6, 6.07) is 10.3. The summed E-state index contributed by atoms with van der Waals surface area (Å²) in [7, 11) is 0. The molecule has 2 heterocycles. The Labute approximate surface area is 210 Å². The summed E-state index contributed by atoms with van der Waals surface area (Å²) in [6.45, 7) is 5.65. The van der Waals surface area contributed by atoms with Crippen LogP contribution in [0.4, 0.5) is 5.69 Å². The fourth-order valence-corrected chi connectivity index (χ4v) is 5.09. The molecule has 0 spiro atoms. The molecule has 9 nitrogen and oxygen atoms in total. The van der Waals surface area contributed by atoms with Crippen LogP contribution in [0.1, 0.15) is 60.5 Å². The molecular weight excluding hydrogens is 454 g/mol. The molecule has 186 valence electrons. The number of aryl methyl sites for hydroxylation is 2. The lowest BCUT2D eigenvalue weighted by atomic mass is 9.88. The Morgan fingerprint density at radius 1 is 1.11 bits per heavy atom. The Kier molecular flexibility index (Phi) is 6.35. The van der Waals surface area contributed by atoms with E-state index in [-0.39, 0.29) is 17.5 Å². The van der Waals surface area contributed by atoms with Crippen LogP contribution in [0.2, 0.25) is 0 Å². The molecule has 2 saturated carbocycles. The van der Waals surface area contributed by atoms with Crippen molar-refractivity contribution >= 4 is 17.5 Å². The number of amides is 2. The van der Waals surface area contributed by atoms with E-state index in [4.69, 9.17) is 5.26 Å². The fraction of sp³-hybridized carbons (Fsp3) is 0.444. The van der Waals surface area contributed by atoms with Crippen molar-refractivity contribution in [2.24, 2.45) is 17.8 Å². The van der Waals surface area contributed by atoms with Crippen molar-refractivity contribution in [1.82, 2.24) is 25.3 Å². The number of rotatable bonds is 9. The number of aromatic nitrogens is 4. The molecule has 36 heavy (non-hydrogen) atoms. The highest BCUT2D eigenvalue weighted by Crippen LogP contribution is 2.51. The molecule has 0 aliphatic heterocycles. The number of hydrogen-bond donors (Lipinski definition) is 3. The topological polar surface area (TPSA) is 128 Å². The smallest absolute Gasteiger partial charge is 0.272 e. The predicted octanol–water partition coefficient (Wildman–Crippen LogP) is 4.15. The Morgan fingerprint density at radius 3 is 2.33 bits per heavy atom. The minimum atomic E-state index is -0.644. The van der Waals surface area contributed by atoms with Gasteiger partial charge in [0.1, 0.15) is 17.8 Å². The number of carbonyl (C=O) groups is 2. The van der Waals surface area contributed by atoms with E-state index in [0.29, 0.717) is 17.5 Å². The molecule has 0 bridgehead atoms. The minimum absolute atomic E-state index is 0.115. The van der Waals surface area contributed by atoms with Crippen LogP contribution in [-0.2, 0) is 4.79 Å². The lowest BCUT2D eigenvalue weighted by Gasteiger charge is -2.27. The number of nitrogens with one attached hydrogen (secondary N) is 3. The van der Waals surface area contributed by atoms with Gasteiger partial charge in [-0.25, -0.2) is 0 Å². The van der Waals surface area contributed by atoms with Gasteiger partial charge in [0.05, 0.1) is 11.8 Å². The maximum absolute atomic E-state index is 13.6. The van der Waals surface area contributed by atoms with Gasteiger partial charge in [-0.1, -0.05) is 12.1 Å². The molecule has 0 saturated heterocycles. The van der Waals surface area contributed by atoms with E-state index in [2.05, 4.69) is 32.0 Å². The minimum Gasteiger partial charge on any atom is -0.339 e. The highest BCUT2D eigenvalue weighted by atomic mass is 16.2. The molecule has 2 aromatic heterocycles. The first-order chi connectivity index (χ1) is 17.4. The number of nitrogens with zero attached hydrogens (tertiary/aromatic N) is 4. The van der Waals surface area contributed by atoms with Crippen LogP contribution >= 0.6 is 0 Å². The van der Waals surface area contributed by atoms with Crippen LogP contribution < -0.4 is 10.6 Å². The molecule has 2 amide bonds. The van der Waals surface area contributed by atoms with Crippen LogP contribution in [0.5, 0.6) is 0 Å². The highest BCUT2D eigenvalue weighted by Gasteiger charge is 2.48. The van der Waals surface area contributed by atoms with Gasteiger partial charge in [-0.3, -0.25) is 19.4 Å². The van der Waals surface area contributed by atoms with E-state index in [1.165, 1.54) is 4.68 Å². The average Bonchev–Trinajstić information content (AvgIpc) is 3.81. The second-order valence-corrected chi connectivity index (χ2v) is 10.1. The van der Waals surface area contributed by atoms with Crippen molar-refractivity contribution in [3.05, 3.63) is 53.6 Å². The van der Waals surface area contributed by atoms with Crippen molar-refractivity contribution in [2.45, 2.75) is 58.5 Å². The van der Waals surface area contributed by atoms with Gasteiger partial charge in [-0.2, -0.15) is 15.5 Å². The van der Waals surface area contributed by atoms with Gasteiger partial charge >= 0.3 is 0 Å². The van der Waals surface area contributed by atoms with Gasteiger partial charge in [0, 0.05) is 23.1 Å². The number of nitriles is 1. The number of aromatic amines is 1. The second-order valence-electron chi connectivity index (χ2n) is 10.1. The summed E-state index contributed by atoms with van der Waals surface area (Å²) in [6.07, 6.45) is 5.98. The van der Waals surface area contributed by atoms with E-state index in [0.717, 1.165) is 48.2 Å². The molecule has 0 radical (unpaired) electrons. The first-order valence-electron chi connectivity index (χ1n) is 12.5. The third-order valence-corrected chi connectivity index (χ3v) is 7.28. The number of carbonyl (C=O) groups excluding carboxylic acids is 2. The molecule has 2 atom stereocenters. The Morgan fingerprint density at radius 2 is 1.78 bits per heavy atom. The summed E-state index contributed by atoms with van der Waals surface area (Å²) in [5.74, 6) is 0.426. The largest absolute Gasteiger partial charge is 0.339 e. The SMILES string of the molecule is Cc1n[nH]c(C)c1-c1ccc(NC(=O)C(NC(=O)c2ccn(C(C)C#N)n2)C(C2CC2)C2CC2)cc1. The monoisotopic (exact) mass is 485 g/mol. The number of benzene rings is 1. The van der Waals surface area contributed by atoms with E-state index in [1.807, 2.05) is 38.1 Å². The van der Waals surface area contributed by atoms with Crippen LogP contribution in [0, 0.1) is 42.9 Å². The standard InChI is InChI=1S/C27H31N7O2/c1-15(14-28)34-13-12-22(33-34)26(35)30-25(24(19-4-5-19)20-6-7-20)27(36)29-21-10-8-18(9-11-21)23-16(2)31-32-17(23)3/h8-13,15,19-20,24-25H,4-7H2,1-3H3,(H,29,36)(H,30,35)(H,31,32). The first kappa shape index (κ1) is 23.8. The Bertz CT molecular complexity index is 1280. The second kappa shape index (κ2) is 9.61. The molecule has 3 N–H and O–H groups in total. The molecule has 3 aromatic rings. The van der Waals surface area contributed by atoms with E-state index in [1.54, 1.807) is 19.2 Å². The molecule has 9 heteroatoms. The number of H-pyrrole nitrogens is 1. The van der Waals surface area contributed by atoms with Gasteiger partial charge in [0.15, 0.2) is 0 Å². The molecule has 2 fully saturated rings. The number of anilines is 1. The average molecular weight is 486 g/mol. The zero-order valence-electron chi connectivity index (χ0n) is 20.8. The lowest BCUT2D eigenvalue weighted by molar-refractivity contribution is -0.119. The Balaban J connectivity index is 1.34. The third kappa shape index (κ3) is 4.89. The molecule has 2 aliphatic carbocycles. The van der Waals surface area contributed by atoms with Gasteiger partial charge < -0.3 is 10.6 Å². The normalized spacial score (nSPS) is 16.9. The molecule has 5 rings (SSSR count). The van der Waals surface area contributed by atoms with Gasteiger partial charge in [-0.15, -0.1) is 0 Å². The quantitative estimate of drug-likeness (QED) is 0.419. The van der Waals surface area contributed by atoms with Gasteiger partial charge in [0.25, 0.3) is 5.91 Å². The van der Waals surface area contributed by atoms with Crippen molar-refractivity contribution in [3.63, 3.8) is 0 Å². The van der Waals surface area contributed by atoms with Crippen LogP contribution in [0.15, 0.2) is 36.5 Å².